The van der Waals surface area contributed by atoms with Crippen molar-refractivity contribution in [2.75, 3.05) is 13.2 Å². The highest BCUT2D eigenvalue weighted by Gasteiger charge is 2.14. The molecule has 1 atom stereocenters. The highest BCUT2D eigenvalue weighted by molar-refractivity contribution is 5.29. The predicted molar refractivity (Wildman–Crippen MR) is 77.5 cm³/mol. The van der Waals surface area contributed by atoms with E-state index in [0.29, 0.717) is 24.9 Å². The summed E-state index contributed by atoms with van der Waals surface area (Å²) < 4.78 is 24.9. The zero-order valence-corrected chi connectivity index (χ0v) is 12.3. The van der Waals surface area contributed by atoms with Crippen molar-refractivity contribution in [3.05, 3.63) is 29.6 Å². The summed E-state index contributed by atoms with van der Waals surface area (Å²) in [7, 11) is 0. The van der Waals surface area contributed by atoms with E-state index >= 15 is 0 Å². The average molecular weight is 281 g/mol. The molecule has 0 saturated carbocycles. The minimum absolute atomic E-state index is 0.143. The molecule has 4 heteroatoms. The fraction of sp³-hybridized carbons (Fsp3) is 0.625. The van der Waals surface area contributed by atoms with Gasteiger partial charge < -0.3 is 14.8 Å². The van der Waals surface area contributed by atoms with E-state index in [1.165, 1.54) is 12.5 Å². The largest absolute Gasteiger partial charge is 0.491 e. The van der Waals surface area contributed by atoms with Gasteiger partial charge in [0.2, 0.25) is 0 Å². The van der Waals surface area contributed by atoms with Crippen molar-refractivity contribution in [1.82, 2.24) is 5.32 Å². The predicted octanol–water partition coefficient (Wildman–Crippen LogP) is 3.27. The standard InChI is InChI=1S/C16H24FNO2/c1-12(2)18-10-13-7-14(17)9-16(8-13)20-11-15-5-3-4-6-19-15/h7-9,12,15,18H,3-6,10-11H2,1-2H3. The molecule has 0 radical (unpaired) electrons. The molecule has 0 amide bonds. The van der Waals surface area contributed by atoms with Crippen LogP contribution in [0.1, 0.15) is 38.7 Å². The quantitative estimate of drug-likeness (QED) is 0.868. The van der Waals surface area contributed by atoms with E-state index in [4.69, 9.17) is 9.47 Å². The zero-order valence-electron chi connectivity index (χ0n) is 12.3. The van der Waals surface area contributed by atoms with E-state index in [9.17, 15) is 4.39 Å². The fourth-order valence-corrected chi connectivity index (χ4v) is 2.26. The highest BCUT2D eigenvalue weighted by Crippen LogP contribution is 2.19. The number of nitrogens with one attached hydrogen (secondary N) is 1. The van der Waals surface area contributed by atoms with Crippen LogP contribution >= 0.6 is 0 Å². The minimum atomic E-state index is -0.257. The molecule has 20 heavy (non-hydrogen) atoms. The van der Waals surface area contributed by atoms with E-state index in [-0.39, 0.29) is 11.9 Å². The van der Waals surface area contributed by atoms with E-state index < -0.39 is 0 Å². The van der Waals surface area contributed by atoms with Gasteiger partial charge in [0.05, 0.1) is 6.10 Å². The fourth-order valence-electron chi connectivity index (χ4n) is 2.26. The van der Waals surface area contributed by atoms with E-state index in [1.54, 1.807) is 6.07 Å². The molecule has 0 aliphatic carbocycles. The zero-order chi connectivity index (χ0) is 14.4. The van der Waals surface area contributed by atoms with Crippen LogP contribution < -0.4 is 10.1 Å². The van der Waals surface area contributed by atoms with E-state index in [2.05, 4.69) is 19.2 Å². The van der Waals surface area contributed by atoms with Gasteiger partial charge in [-0.05, 0) is 37.0 Å². The van der Waals surface area contributed by atoms with Gasteiger partial charge in [-0.2, -0.15) is 0 Å². The van der Waals surface area contributed by atoms with Crippen LogP contribution in [0.3, 0.4) is 0 Å². The van der Waals surface area contributed by atoms with Crippen LogP contribution in [0, 0.1) is 5.82 Å². The second-order valence-electron chi connectivity index (χ2n) is 5.63. The first-order chi connectivity index (χ1) is 9.63. The Bertz CT molecular complexity index is 417. The van der Waals surface area contributed by atoms with Gasteiger partial charge in [-0.1, -0.05) is 13.8 Å². The Labute approximate surface area is 120 Å². The highest BCUT2D eigenvalue weighted by atomic mass is 19.1. The van der Waals surface area contributed by atoms with E-state index in [0.717, 1.165) is 25.0 Å². The van der Waals surface area contributed by atoms with Gasteiger partial charge >= 0.3 is 0 Å². The molecular weight excluding hydrogens is 257 g/mol. The average Bonchev–Trinajstić information content (AvgIpc) is 2.44. The van der Waals surface area contributed by atoms with Crippen molar-refractivity contribution in [3.63, 3.8) is 0 Å². The van der Waals surface area contributed by atoms with Gasteiger partial charge in [-0.25, -0.2) is 4.39 Å². The molecule has 1 fully saturated rings. The number of ether oxygens (including phenoxy) is 2. The Morgan fingerprint density at radius 1 is 1.35 bits per heavy atom. The lowest BCUT2D eigenvalue weighted by molar-refractivity contribution is -0.0111. The van der Waals surface area contributed by atoms with Crippen LogP contribution in [0.15, 0.2) is 18.2 Å². The van der Waals surface area contributed by atoms with Gasteiger partial charge in [0.1, 0.15) is 18.2 Å². The first kappa shape index (κ1) is 15.3. The van der Waals surface area contributed by atoms with Crippen LogP contribution in [0.25, 0.3) is 0 Å². The van der Waals surface area contributed by atoms with Gasteiger partial charge in [0, 0.05) is 25.3 Å². The first-order valence-electron chi connectivity index (χ1n) is 7.41. The van der Waals surface area contributed by atoms with Crippen molar-refractivity contribution >= 4 is 0 Å². The summed E-state index contributed by atoms with van der Waals surface area (Å²) >= 11 is 0. The van der Waals surface area contributed by atoms with E-state index in [1.807, 2.05) is 6.07 Å². The van der Waals surface area contributed by atoms with Gasteiger partial charge in [0.25, 0.3) is 0 Å². The SMILES string of the molecule is CC(C)NCc1cc(F)cc(OCC2CCCCO2)c1. The summed E-state index contributed by atoms with van der Waals surface area (Å²) in [5.74, 6) is 0.326. The Morgan fingerprint density at radius 3 is 2.90 bits per heavy atom. The molecule has 1 aromatic rings. The molecule has 3 nitrogen and oxygen atoms in total. The summed E-state index contributed by atoms with van der Waals surface area (Å²) in [6.07, 6.45) is 3.48. The molecule has 1 aliphatic rings. The monoisotopic (exact) mass is 281 g/mol. The van der Waals surface area contributed by atoms with Crippen LogP contribution in [-0.2, 0) is 11.3 Å². The maximum Gasteiger partial charge on any atom is 0.127 e. The summed E-state index contributed by atoms with van der Waals surface area (Å²) in [5.41, 5.74) is 0.901. The lowest BCUT2D eigenvalue weighted by atomic mass is 10.1. The van der Waals surface area contributed by atoms with Crippen molar-refractivity contribution < 1.29 is 13.9 Å². The number of hydrogen-bond acceptors (Lipinski definition) is 3. The van der Waals surface area contributed by atoms with Crippen molar-refractivity contribution in [2.45, 2.75) is 51.8 Å². The van der Waals surface area contributed by atoms with Crippen LogP contribution in [0.4, 0.5) is 4.39 Å². The Kier molecular flexibility index (Phi) is 5.80. The number of halogens is 1. The molecule has 1 aromatic carbocycles. The van der Waals surface area contributed by atoms with Gasteiger partial charge in [-0.15, -0.1) is 0 Å². The van der Waals surface area contributed by atoms with Crippen LogP contribution in [0.5, 0.6) is 5.75 Å². The molecule has 0 aromatic heterocycles. The summed E-state index contributed by atoms with van der Waals surface area (Å²) in [5, 5.41) is 3.27. The maximum atomic E-state index is 13.6. The first-order valence-corrected chi connectivity index (χ1v) is 7.41. The Hall–Kier alpha value is -1.13. The Balaban J connectivity index is 1.89. The molecule has 1 N–H and O–H groups in total. The Morgan fingerprint density at radius 2 is 2.20 bits per heavy atom. The van der Waals surface area contributed by atoms with Crippen molar-refractivity contribution in [2.24, 2.45) is 0 Å². The van der Waals surface area contributed by atoms with Crippen LogP contribution in [0.2, 0.25) is 0 Å². The molecule has 1 unspecified atom stereocenters. The van der Waals surface area contributed by atoms with Gasteiger partial charge in [-0.3, -0.25) is 0 Å². The molecule has 112 valence electrons. The third kappa shape index (κ3) is 5.10. The van der Waals surface area contributed by atoms with Gasteiger partial charge in [0.15, 0.2) is 0 Å². The molecule has 1 aliphatic heterocycles. The second-order valence-corrected chi connectivity index (χ2v) is 5.63. The normalized spacial score (nSPS) is 19.3. The summed E-state index contributed by atoms with van der Waals surface area (Å²) in [6, 6.07) is 5.24. The summed E-state index contributed by atoms with van der Waals surface area (Å²) in [6.45, 7) is 6.08. The molecule has 2 rings (SSSR count). The molecule has 1 heterocycles. The third-order valence-corrected chi connectivity index (χ3v) is 3.36. The topological polar surface area (TPSA) is 30.5 Å². The van der Waals surface area contributed by atoms with Crippen molar-refractivity contribution in [3.8, 4) is 5.75 Å². The minimum Gasteiger partial charge on any atom is -0.491 e. The summed E-state index contributed by atoms with van der Waals surface area (Å²) in [4.78, 5) is 0. The second kappa shape index (κ2) is 7.60. The molecule has 0 spiro atoms. The van der Waals surface area contributed by atoms with Crippen molar-refractivity contribution in [1.29, 1.82) is 0 Å². The van der Waals surface area contributed by atoms with Crippen LogP contribution in [-0.4, -0.2) is 25.4 Å². The number of rotatable bonds is 6. The number of hydrogen-bond donors (Lipinski definition) is 1. The number of benzene rings is 1. The smallest absolute Gasteiger partial charge is 0.127 e. The molecule has 0 bridgehead atoms. The molecular formula is C16H24FNO2. The molecule has 1 saturated heterocycles. The third-order valence-electron chi connectivity index (χ3n) is 3.36. The lowest BCUT2D eigenvalue weighted by Gasteiger charge is -2.22. The lowest BCUT2D eigenvalue weighted by Crippen LogP contribution is -2.26. The maximum absolute atomic E-state index is 13.6.